The molecule has 0 aliphatic rings. The largest absolute Gasteiger partial charge is 0.462 e. The van der Waals surface area contributed by atoms with Crippen LogP contribution in [0, 0.1) is 0 Å². The maximum atomic E-state index is 12.7. The molecule has 0 bridgehead atoms. The molecule has 0 saturated heterocycles. The summed E-state index contributed by atoms with van der Waals surface area (Å²) in [5.74, 6) is -0.964. The maximum Gasteiger partial charge on any atom is 0.306 e. The minimum Gasteiger partial charge on any atom is -0.462 e. The lowest BCUT2D eigenvalue weighted by Crippen LogP contribution is -2.30. The minimum absolute atomic E-state index is 0.0944. The van der Waals surface area contributed by atoms with Gasteiger partial charge in [0.05, 0.1) is 0 Å². The molecule has 67 heavy (non-hydrogen) atoms. The van der Waals surface area contributed by atoms with E-state index in [1.165, 1.54) is 89.9 Å². The van der Waals surface area contributed by atoms with Crippen LogP contribution in [0.1, 0.15) is 239 Å². The molecule has 1 atom stereocenters. The molecule has 0 radical (unpaired) electrons. The molecule has 0 aromatic rings. The van der Waals surface area contributed by atoms with Gasteiger partial charge in [0.25, 0.3) is 0 Å². The van der Waals surface area contributed by atoms with Crippen molar-refractivity contribution >= 4 is 17.9 Å². The van der Waals surface area contributed by atoms with E-state index in [9.17, 15) is 14.4 Å². The number of ether oxygens (including phenoxy) is 3. The SMILES string of the molecule is CC/C=C\C/C=C\C/C=C\C/C=C\C/C=C\C/C=C\C/C=C\C/C=C\C/C=C\CCCC(=O)OCC(COC(=O)CCCCCCCCCC)OC(=O)CCCCCCCCCCCCCC. The second-order valence-electron chi connectivity index (χ2n) is 17.8. The minimum atomic E-state index is -0.797. The Kier molecular flexibility index (Phi) is 51.5. The van der Waals surface area contributed by atoms with Crippen LogP contribution in [0.15, 0.2) is 109 Å². The molecule has 0 spiro atoms. The number of allylic oxidation sites excluding steroid dienone is 18. The average molecular weight is 929 g/mol. The van der Waals surface area contributed by atoms with Gasteiger partial charge in [-0.1, -0.05) is 246 Å². The summed E-state index contributed by atoms with van der Waals surface area (Å²) in [6.07, 6.45) is 73.8. The Balaban J connectivity index is 4.31. The molecule has 0 saturated carbocycles. The Bertz CT molecular complexity index is 1390. The lowest BCUT2D eigenvalue weighted by molar-refractivity contribution is -0.167. The quantitative estimate of drug-likeness (QED) is 0.0262. The van der Waals surface area contributed by atoms with Crippen molar-refractivity contribution in [3.8, 4) is 0 Å². The molecule has 0 fully saturated rings. The molecule has 0 heterocycles. The molecule has 6 heteroatoms. The van der Waals surface area contributed by atoms with Gasteiger partial charge >= 0.3 is 17.9 Å². The van der Waals surface area contributed by atoms with Crippen molar-refractivity contribution in [3.05, 3.63) is 109 Å². The Morgan fingerprint density at radius 1 is 0.313 bits per heavy atom. The average Bonchev–Trinajstić information content (AvgIpc) is 3.33. The Morgan fingerprint density at radius 3 is 0.910 bits per heavy atom. The van der Waals surface area contributed by atoms with Crippen LogP contribution in [0.25, 0.3) is 0 Å². The molecule has 0 rings (SSSR count). The third-order valence-electron chi connectivity index (χ3n) is 11.3. The second kappa shape index (κ2) is 54.7. The van der Waals surface area contributed by atoms with E-state index in [1.807, 2.05) is 0 Å². The molecule has 0 amide bonds. The topological polar surface area (TPSA) is 78.9 Å². The van der Waals surface area contributed by atoms with Crippen molar-refractivity contribution in [2.75, 3.05) is 13.2 Å². The first kappa shape index (κ1) is 63.1. The highest BCUT2D eigenvalue weighted by Crippen LogP contribution is 2.14. The number of hydrogen-bond donors (Lipinski definition) is 0. The molecule has 0 N–H and O–H groups in total. The van der Waals surface area contributed by atoms with Crippen LogP contribution < -0.4 is 0 Å². The molecule has 380 valence electrons. The van der Waals surface area contributed by atoms with Crippen LogP contribution in [-0.4, -0.2) is 37.2 Å². The van der Waals surface area contributed by atoms with E-state index >= 15 is 0 Å². The summed E-state index contributed by atoms with van der Waals surface area (Å²) >= 11 is 0. The van der Waals surface area contributed by atoms with Gasteiger partial charge in [-0.3, -0.25) is 14.4 Å². The van der Waals surface area contributed by atoms with Gasteiger partial charge in [0.1, 0.15) is 13.2 Å². The lowest BCUT2D eigenvalue weighted by Gasteiger charge is -2.18. The Hall–Kier alpha value is -3.93. The summed E-state index contributed by atoms with van der Waals surface area (Å²) in [6, 6.07) is 0. The standard InChI is InChI=1S/C61H100O6/c1-4-7-10-13-16-19-21-23-24-25-26-27-28-29-30-31-32-33-34-35-36-37-38-39-41-42-45-48-51-54-60(63)66-57-58(56-65-59(62)53-50-47-44-18-15-12-9-6-3)67-61(64)55-52-49-46-43-40-22-20-17-14-11-8-5-2/h7,10,16,19,23-24,26-27,29-30,32-33,35-36,38-39,42,45,58H,4-6,8-9,11-15,17-18,20-22,25,28,31,34,37,40-41,43-44,46-57H2,1-3H3/b10-7-,19-16-,24-23-,27-26-,30-29-,33-32-,36-35-,39-38-,45-42-. The zero-order chi connectivity index (χ0) is 48.6. The molecular weight excluding hydrogens is 829 g/mol. The highest BCUT2D eigenvalue weighted by Gasteiger charge is 2.19. The van der Waals surface area contributed by atoms with Crippen LogP contribution >= 0.6 is 0 Å². The third-order valence-corrected chi connectivity index (χ3v) is 11.3. The molecule has 0 aliphatic heterocycles. The fourth-order valence-electron chi connectivity index (χ4n) is 7.21. The van der Waals surface area contributed by atoms with E-state index in [4.69, 9.17) is 14.2 Å². The molecule has 0 aromatic carbocycles. The summed E-state index contributed by atoms with van der Waals surface area (Å²) in [7, 11) is 0. The Labute approximate surface area is 412 Å². The lowest BCUT2D eigenvalue weighted by atomic mass is 10.0. The summed E-state index contributed by atoms with van der Waals surface area (Å²) in [5.41, 5.74) is 0. The molecular formula is C61H100O6. The normalized spacial score (nSPS) is 12.9. The first-order valence-electron chi connectivity index (χ1n) is 27.4. The van der Waals surface area contributed by atoms with E-state index in [-0.39, 0.29) is 37.5 Å². The van der Waals surface area contributed by atoms with Crippen LogP contribution in [0.3, 0.4) is 0 Å². The van der Waals surface area contributed by atoms with Crippen molar-refractivity contribution in [3.63, 3.8) is 0 Å². The molecule has 1 unspecified atom stereocenters. The predicted octanol–water partition coefficient (Wildman–Crippen LogP) is 18.3. The second-order valence-corrected chi connectivity index (χ2v) is 17.8. The zero-order valence-electron chi connectivity index (χ0n) is 43.4. The Morgan fingerprint density at radius 2 is 0.582 bits per heavy atom. The fourth-order valence-corrected chi connectivity index (χ4v) is 7.21. The van der Waals surface area contributed by atoms with E-state index in [0.717, 1.165) is 103 Å². The van der Waals surface area contributed by atoms with Gasteiger partial charge in [0, 0.05) is 19.3 Å². The van der Waals surface area contributed by atoms with E-state index in [0.29, 0.717) is 19.3 Å². The fraction of sp³-hybridized carbons (Fsp3) is 0.656. The highest BCUT2D eigenvalue weighted by atomic mass is 16.6. The van der Waals surface area contributed by atoms with E-state index in [2.05, 4.69) is 130 Å². The number of carbonyl (C=O) groups excluding carboxylic acids is 3. The van der Waals surface area contributed by atoms with E-state index < -0.39 is 6.10 Å². The van der Waals surface area contributed by atoms with Crippen molar-refractivity contribution in [2.24, 2.45) is 0 Å². The van der Waals surface area contributed by atoms with Crippen molar-refractivity contribution in [2.45, 2.75) is 245 Å². The van der Waals surface area contributed by atoms with Crippen LogP contribution in [0.5, 0.6) is 0 Å². The van der Waals surface area contributed by atoms with Gasteiger partial charge < -0.3 is 14.2 Å². The summed E-state index contributed by atoms with van der Waals surface area (Å²) in [5, 5.41) is 0. The zero-order valence-corrected chi connectivity index (χ0v) is 43.4. The van der Waals surface area contributed by atoms with Gasteiger partial charge in [-0.05, 0) is 83.5 Å². The predicted molar refractivity (Wildman–Crippen MR) is 288 cm³/mol. The van der Waals surface area contributed by atoms with Gasteiger partial charge in [-0.15, -0.1) is 0 Å². The monoisotopic (exact) mass is 929 g/mol. The van der Waals surface area contributed by atoms with Crippen LogP contribution in [0.4, 0.5) is 0 Å². The molecule has 6 nitrogen and oxygen atoms in total. The molecule has 0 aromatic heterocycles. The number of esters is 3. The van der Waals surface area contributed by atoms with Gasteiger partial charge in [0.15, 0.2) is 6.10 Å². The maximum absolute atomic E-state index is 12.7. The summed E-state index contributed by atoms with van der Waals surface area (Å²) in [4.78, 5) is 37.8. The van der Waals surface area contributed by atoms with Crippen LogP contribution in [0.2, 0.25) is 0 Å². The van der Waals surface area contributed by atoms with Gasteiger partial charge in [-0.2, -0.15) is 0 Å². The van der Waals surface area contributed by atoms with Gasteiger partial charge in [-0.25, -0.2) is 0 Å². The first-order chi connectivity index (χ1) is 33.0. The van der Waals surface area contributed by atoms with Crippen molar-refractivity contribution in [1.29, 1.82) is 0 Å². The molecule has 0 aliphatic carbocycles. The highest BCUT2D eigenvalue weighted by molar-refractivity contribution is 5.71. The van der Waals surface area contributed by atoms with Crippen molar-refractivity contribution in [1.82, 2.24) is 0 Å². The van der Waals surface area contributed by atoms with Crippen molar-refractivity contribution < 1.29 is 28.6 Å². The number of rotatable bonds is 48. The first-order valence-corrected chi connectivity index (χ1v) is 27.4. The smallest absolute Gasteiger partial charge is 0.306 e. The third kappa shape index (κ3) is 52.9. The summed E-state index contributed by atoms with van der Waals surface area (Å²) in [6.45, 7) is 6.43. The van der Waals surface area contributed by atoms with Crippen LogP contribution in [-0.2, 0) is 28.6 Å². The number of carbonyl (C=O) groups is 3. The number of unbranched alkanes of at least 4 members (excludes halogenated alkanes) is 19. The summed E-state index contributed by atoms with van der Waals surface area (Å²) < 4.78 is 16.7. The van der Waals surface area contributed by atoms with Gasteiger partial charge in [0.2, 0.25) is 0 Å². The van der Waals surface area contributed by atoms with E-state index in [1.54, 1.807) is 0 Å². The number of hydrogen-bond acceptors (Lipinski definition) is 6.